The Morgan fingerprint density at radius 3 is 1.63 bits per heavy atom. The Hall–Kier alpha value is -4.60. The molecule has 4 aromatic rings. The minimum atomic E-state index is -1.30. The Morgan fingerprint density at radius 1 is 0.721 bits per heavy atom. The number of benzene rings is 4. The van der Waals surface area contributed by atoms with Gasteiger partial charge in [-0.1, -0.05) is 121 Å². The topological polar surface area (TPSA) is 114 Å². The zero-order valence-electron chi connectivity index (χ0n) is 23.7. The van der Waals surface area contributed by atoms with Gasteiger partial charge in [-0.05, 0) is 22.3 Å². The summed E-state index contributed by atoms with van der Waals surface area (Å²) in [5.74, 6) is -1.39. The molecule has 4 rings (SSSR count). The summed E-state index contributed by atoms with van der Waals surface area (Å²) in [5, 5.41) is 14.9. The van der Waals surface area contributed by atoms with Crippen LogP contribution in [0.4, 0.5) is 4.79 Å². The van der Waals surface area contributed by atoms with Crippen molar-refractivity contribution in [2.75, 3.05) is 19.5 Å². The second kappa shape index (κ2) is 15.6. The summed E-state index contributed by atoms with van der Waals surface area (Å²) < 4.78 is 9.36. The van der Waals surface area contributed by atoms with Gasteiger partial charge < -0.3 is 25.2 Å². The molecular weight excluding hydrogens is 564 g/mol. The first kappa shape index (κ1) is 31.3. The number of amides is 2. The van der Waals surface area contributed by atoms with Crippen LogP contribution in [0.25, 0.3) is 0 Å². The van der Waals surface area contributed by atoms with Crippen molar-refractivity contribution >= 4 is 29.7 Å². The number of nitrogens with one attached hydrogen (secondary N) is 2. The van der Waals surface area contributed by atoms with Gasteiger partial charge in [0, 0.05) is 5.75 Å². The number of methoxy groups -OCH3 is 1. The maximum Gasteiger partial charge on any atom is 0.408 e. The highest BCUT2D eigenvalue weighted by Crippen LogP contribution is 2.48. The number of aliphatic hydroxyl groups excluding tert-OH is 1. The zero-order valence-corrected chi connectivity index (χ0v) is 24.5. The lowest BCUT2D eigenvalue weighted by Crippen LogP contribution is -2.54. The van der Waals surface area contributed by atoms with E-state index >= 15 is 0 Å². The Morgan fingerprint density at radius 2 is 1.19 bits per heavy atom. The monoisotopic (exact) mass is 598 g/mol. The van der Waals surface area contributed by atoms with Gasteiger partial charge in [-0.15, -0.1) is 11.8 Å². The van der Waals surface area contributed by atoms with Gasteiger partial charge in [-0.25, -0.2) is 9.59 Å². The van der Waals surface area contributed by atoms with Gasteiger partial charge in [0.2, 0.25) is 5.91 Å². The van der Waals surface area contributed by atoms with Crippen LogP contribution >= 0.6 is 11.8 Å². The molecule has 0 bridgehead atoms. The maximum atomic E-state index is 13.6. The third-order valence-electron chi connectivity index (χ3n) is 6.81. The molecule has 9 heteroatoms. The second-order valence-electron chi connectivity index (χ2n) is 9.62. The van der Waals surface area contributed by atoms with Crippen molar-refractivity contribution in [1.82, 2.24) is 10.6 Å². The van der Waals surface area contributed by atoms with Gasteiger partial charge in [0.1, 0.15) is 12.6 Å². The van der Waals surface area contributed by atoms with Crippen molar-refractivity contribution in [3.05, 3.63) is 144 Å². The predicted octanol–water partition coefficient (Wildman–Crippen LogP) is 4.66. The molecule has 43 heavy (non-hydrogen) atoms. The summed E-state index contributed by atoms with van der Waals surface area (Å²) in [4.78, 5) is 38.6. The fourth-order valence-electron chi connectivity index (χ4n) is 4.66. The molecule has 222 valence electrons. The molecule has 4 aromatic carbocycles. The van der Waals surface area contributed by atoms with Crippen LogP contribution in [0.15, 0.2) is 121 Å². The summed E-state index contributed by atoms with van der Waals surface area (Å²) in [6.07, 6.45) is -0.798. The van der Waals surface area contributed by atoms with Crippen LogP contribution in [0.1, 0.15) is 22.3 Å². The Labute approximate surface area is 255 Å². The zero-order chi connectivity index (χ0) is 30.5. The van der Waals surface area contributed by atoms with Crippen LogP contribution < -0.4 is 10.6 Å². The van der Waals surface area contributed by atoms with Crippen molar-refractivity contribution in [3.8, 4) is 0 Å². The molecule has 0 saturated carbocycles. The molecule has 0 aromatic heterocycles. The molecule has 2 atom stereocenters. The van der Waals surface area contributed by atoms with E-state index in [2.05, 4.69) is 10.6 Å². The lowest BCUT2D eigenvalue weighted by atomic mass is 9.84. The number of aliphatic hydroxyl groups is 1. The van der Waals surface area contributed by atoms with Gasteiger partial charge >= 0.3 is 12.1 Å². The standard InChI is InChI=1S/C34H34N2O6S/c1-41-32(39)29(22-37)35-31(38)30(36-33(40)42-23-25-14-6-2-7-15-25)24-43-34(26-16-8-3-9-17-26,27-18-10-4-11-19-27)28-20-12-5-13-21-28/h2-21,29-30,37H,22-24H2,1H3,(H,35,38)(H,36,40)/t29-,30-/m1/s1. The first-order valence-corrected chi connectivity index (χ1v) is 14.7. The summed E-state index contributed by atoms with van der Waals surface area (Å²) in [5.41, 5.74) is 3.72. The molecule has 0 radical (unpaired) electrons. The third-order valence-corrected chi connectivity index (χ3v) is 8.45. The minimum Gasteiger partial charge on any atom is -0.467 e. The molecule has 0 heterocycles. The molecule has 0 fully saturated rings. The molecule has 0 spiro atoms. The van der Waals surface area contributed by atoms with Crippen LogP contribution in [0, 0.1) is 0 Å². The molecule has 8 nitrogen and oxygen atoms in total. The summed E-state index contributed by atoms with van der Waals surface area (Å²) in [6.45, 7) is -0.656. The fraction of sp³-hybridized carbons (Fsp3) is 0.206. The second-order valence-corrected chi connectivity index (χ2v) is 10.9. The SMILES string of the molecule is COC(=O)[C@@H](CO)NC(=O)[C@@H](CSC(c1ccccc1)(c1ccccc1)c1ccccc1)NC(=O)OCc1ccccc1. The summed E-state index contributed by atoms with van der Waals surface area (Å²) in [6, 6.07) is 36.5. The number of carbonyl (C=O) groups excluding carboxylic acids is 3. The van der Waals surface area contributed by atoms with E-state index < -0.39 is 41.4 Å². The van der Waals surface area contributed by atoms with Crippen molar-refractivity contribution < 1.29 is 29.0 Å². The van der Waals surface area contributed by atoms with Crippen LogP contribution in [0.5, 0.6) is 0 Å². The predicted molar refractivity (Wildman–Crippen MR) is 166 cm³/mol. The molecule has 0 aliphatic rings. The number of rotatable bonds is 13. The van der Waals surface area contributed by atoms with Crippen LogP contribution in [-0.2, 0) is 30.4 Å². The highest BCUT2D eigenvalue weighted by Gasteiger charge is 2.39. The number of hydrogen-bond donors (Lipinski definition) is 3. The first-order chi connectivity index (χ1) is 21.0. The highest BCUT2D eigenvalue weighted by atomic mass is 32.2. The lowest BCUT2D eigenvalue weighted by Gasteiger charge is -2.36. The smallest absolute Gasteiger partial charge is 0.408 e. The van der Waals surface area contributed by atoms with Crippen LogP contribution in [0.2, 0.25) is 0 Å². The molecule has 0 saturated heterocycles. The number of esters is 1. The van der Waals surface area contributed by atoms with E-state index in [4.69, 9.17) is 9.47 Å². The fourth-order valence-corrected chi connectivity index (χ4v) is 6.22. The van der Waals surface area contributed by atoms with Crippen molar-refractivity contribution in [3.63, 3.8) is 0 Å². The molecule has 0 aliphatic heterocycles. The molecule has 2 amide bonds. The number of ether oxygens (including phenoxy) is 2. The van der Waals surface area contributed by atoms with Crippen LogP contribution in [-0.4, -0.2) is 54.6 Å². The van der Waals surface area contributed by atoms with E-state index in [1.807, 2.05) is 121 Å². The van der Waals surface area contributed by atoms with E-state index in [9.17, 15) is 19.5 Å². The van der Waals surface area contributed by atoms with Crippen LogP contribution in [0.3, 0.4) is 0 Å². The Bertz CT molecular complexity index is 1360. The largest absolute Gasteiger partial charge is 0.467 e. The van der Waals surface area contributed by atoms with Crippen molar-refractivity contribution in [2.24, 2.45) is 0 Å². The summed E-state index contributed by atoms with van der Waals surface area (Å²) in [7, 11) is 1.16. The van der Waals surface area contributed by atoms with Gasteiger partial charge in [0.05, 0.1) is 18.5 Å². The van der Waals surface area contributed by atoms with Gasteiger partial charge in [-0.2, -0.15) is 0 Å². The third kappa shape index (κ3) is 8.03. The molecule has 0 unspecified atom stereocenters. The quantitative estimate of drug-likeness (QED) is 0.152. The van der Waals surface area contributed by atoms with Gasteiger partial charge in [0.15, 0.2) is 6.04 Å². The van der Waals surface area contributed by atoms with Gasteiger partial charge in [0.25, 0.3) is 0 Å². The summed E-state index contributed by atoms with van der Waals surface area (Å²) >= 11 is 1.46. The number of thioether (sulfide) groups is 1. The van der Waals surface area contributed by atoms with E-state index in [1.165, 1.54) is 11.8 Å². The van der Waals surface area contributed by atoms with E-state index in [-0.39, 0.29) is 12.4 Å². The first-order valence-electron chi connectivity index (χ1n) is 13.7. The highest BCUT2D eigenvalue weighted by molar-refractivity contribution is 8.00. The van der Waals surface area contributed by atoms with Gasteiger partial charge in [-0.3, -0.25) is 4.79 Å². The lowest BCUT2D eigenvalue weighted by molar-refractivity contribution is -0.146. The average molecular weight is 599 g/mol. The molecule has 3 N–H and O–H groups in total. The van der Waals surface area contributed by atoms with E-state index in [0.717, 1.165) is 29.4 Å². The van der Waals surface area contributed by atoms with E-state index in [0.29, 0.717) is 0 Å². The number of carbonyl (C=O) groups is 3. The number of hydrogen-bond acceptors (Lipinski definition) is 7. The minimum absolute atomic E-state index is 0.0115. The Balaban J connectivity index is 1.68. The molecule has 0 aliphatic carbocycles. The van der Waals surface area contributed by atoms with E-state index in [1.54, 1.807) is 0 Å². The number of alkyl carbamates (subject to hydrolysis) is 1. The maximum absolute atomic E-state index is 13.6. The van der Waals surface area contributed by atoms with Crippen molar-refractivity contribution in [1.29, 1.82) is 0 Å². The average Bonchev–Trinajstić information content (AvgIpc) is 3.07. The normalized spacial score (nSPS) is 12.4. The molecular formula is C34H34N2O6S. The van der Waals surface area contributed by atoms with Crippen molar-refractivity contribution in [2.45, 2.75) is 23.4 Å². The Kier molecular flexibility index (Phi) is 11.4.